The standard InChI is InChI=1S/C11H16N2O3/c1-15-3-2-4-16-11(14)8-5-9(12)7-10(13)6-8/h5-7H,2-4,12-13H2,1H3. The number of hydrogen-bond acceptors (Lipinski definition) is 5. The van der Waals surface area contributed by atoms with E-state index in [1.165, 1.54) is 12.1 Å². The third-order valence-corrected chi connectivity index (χ3v) is 1.94. The number of ether oxygens (including phenoxy) is 2. The Morgan fingerprint density at radius 2 is 1.81 bits per heavy atom. The van der Waals surface area contributed by atoms with Crippen LogP contribution in [-0.2, 0) is 9.47 Å². The maximum absolute atomic E-state index is 11.5. The van der Waals surface area contributed by atoms with Crippen molar-refractivity contribution in [2.75, 3.05) is 31.8 Å². The molecule has 5 nitrogen and oxygen atoms in total. The number of carbonyl (C=O) groups excluding carboxylic acids is 1. The van der Waals surface area contributed by atoms with Gasteiger partial charge in [-0.3, -0.25) is 0 Å². The minimum Gasteiger partial charge on any atom is -0.462 e. The summed E-state index contributed by atoms with van der Waals surface area (Å²) in [5.41, 5.74) is 12.4. The number of carbonyl (C=O) groups is 1. The molecule has 16 heavy (non-hydrogen) atoms. The van der Waals surface area contributed by atoms with Crippen LogP contribution in [0.2, 0.25) is 0 Å². The third-order valence-electron chi connectivity index (χ3n) is 1.94. The Labute approximate surface area is 94.3 Å². The number of hydrogen-bond donors (Lipinski definition) is 2. The summed E-state index contributed by atoms with van der Waals surface area (Å²) in [4.78, 5) is 11.5. The molecule has 0 aliphatic rings. The fourth-order valence-electron chi connectivity index (χ4n) is 1.25. The van der Waals surface area contributed by atoms with E-state index in [1.807, 2.05) is 0 Å². The fourth-order valence-corrected chi connectivity index (χ4v) is 1.25. The minimum absolute atomic E-state index is 0.321. The molecule has 0 aliphatic carbocycles. The van der Waals surface area contributed by atoms with E-state index in [0.29, 0.717) is 36.6 Å². The molecule has 0 fully saturated rings. The van der Waals surface area contributed by atoms with E-state index in [4.69, 9.17) is 20.9 Å². The first-order valence-corrected chi connectivity index (χ1v) is 4.95. The van der Waals surface area contributed by atoms with Crippen LogP contribution in [0.15, 0.2) is 18.2 Å². The number of nitrogen functional groups attached to an aromatic ring is 2. The normalized spacial score (nSPS) is 10.1. The van der Waals surface area contributed by atoms with Crippen LogP contribution in [0.1, 0.15) is 16.8 Å². The summed E-state index contributed by atoms with van der Waals surface area (Å²) in [5.74, 6) is -0.421. The number of esters is 1. The predicted octanol–water partition coefficient (Wildman–Crippen LogP) is 1.04. The van der Waals surface area contributed by atoms with Crippen LogP contribution in [0.3, 0.4) is 0 Å². The first kappa shape index (κ1) is 12.3. The van der Waals surface area contributed by atoms with Gasteiger partial charge in [0.1, 0.15) is 0 Å². The fraction of sp³-hybridized carbons (Fsp3) is 0.364. The summed E-state index contributed by atoms with van der Waals surface area (Å²) < 4.78 is 9.85. The molecular weight excluding hydrogens is 208 g/mol. The molecule has 0 bridgehead atoms. The van der Waals surface area contributed by atoms with Crippen molar-refractivity contribution in [3.63, 3.8) is 0 Å². The van der Waals surface area contributed by atoms with Gasteiger partial charge in [0.2, 0.25) is 0 Å². The molecule has 1 rings (SSSR count). The predicted molar refractivity (Wildman–Crippen MR) is 62.0 cm³/mol. The zero-order chi connectivity index (χ0) is 12.0. The van der Waals surface area contributed by atoms with Crippen LogP contribution < -0.4 is 11.5 Å². The largest absolute Gasteiger partial charge is 0.462 e. The maximum atomic E-state index is 11.5. The van der Waals surface area contributed by atoms with E-state index in [-0.39, 0.29) is 0 Å². The molecule has 0 spiro atoms. The lowest BCUT2D eigenvalue weighted by Gasteiger charge is -2.06. The molecule has 0 heterocycles. The lowest BCUT2D eigenvalue weighted by molar-refractivity contribution is 0.0468. The SMILES string of the molecule is COCCCOC(=O)c1cc(N)cc(N)c1. The Morgan fingerprint density at radius 3 is 2.38 bits per heavy atom. The van der Waals surface area contributed by atoms with Gasteiger partial charge in [0.25, 0.3) is 0 Å². The van der Waals surface area contributed by atoms with Gasteiger partial charge in [0.15, 0.2) is 0 Å². The maximum Gasteiger partial charge on any atom is 0.338 e. The zero-order valence-corrected chi connectivity index (χ0v) is 9.23. The van der Waals surface area contributed by atoms with Crippen molar-refractivity contribution in [2.24, 2.45) is 0 Å². The number of methoxy groups -OCH3 is 1. The molecule has 0 saturated carbocycles. The van der Waals surface area contributed by atoms with Crippen molar-refractivity contribution in [1.29, 1.82) is 0 Å². The second kappa shape index (κ2) is 5.97. The Morgan fingerprint density at radius 1 is 1.19 bits per heavy atom. The van der Waals surface area contributed by atoms with Crippen LogP contribution in [0, 0.1) is 0 Å². The second-order valence-electron chi connectivity index (χ2n) is 3.37. The summed E-state index contributed by atoms with van der Waals surface area (Å²) in [6.07, 6.45) is 0.667. The van der Waals surface area contributed by atoms with Gasteiger partial charge in [-0.25, -0.2) is 4.79 Å². The molecule has 0 radical (unpaired) electrons. The van der Waals surface area contributed by atoms with Crippen LogP contribution in [-0.4, -0.2) is 26.3 Å². The van der Waals surface area contributed by atoms with Crippen molar-refractivity contribution >= 4 is 17.3 Å². The highest BCUT2D eigenvalue weighted by Crippen LogP contribution is 2.14. The van der Waals surface area contributed by atoms with Crippen LogP contribution in [0.25, 0.3) is 0 Å². The molecule has 0 aliphatic heterocycles. The number of nitrogens with two attached hydrogens (primary N) is 2. The molecule has 1 aromatic rings. The highest BCUT2D eigenvalue weighted by molar-refractivity contribution is 5.91. The third kappa shape index (κ3) is 3.78. The van der Waals surface area contributed by atoms with Crippen LogP contribution in [0.5, 0.6) is 0 Å². The van der Waals surface area contributed by atoms with Gasteiger partial charge in [-0.15, -0.1) is 0 Å². The number of benzene rings is 1. The number of anilines is 2. The van der Waals surface area contributed by atoms with Gasteiger partial charge >= 0.3 is 5.97 Å². The molecule has 0 amide bonds. The zero-order valence-electron chi connectivity index (χ0n) is 9.23. The lowest BCUT2D eigenvalue weighted by Crippen LogP contribution is -2.09. The summed E-state index contributed by atoms with van der Waals surface area (Å²) >= 11 is 0. The molecular formula is C11H16N2O3. The van der Waals surface area contributed by atoms with Crippen molar-refractivity contribution in [2.45, 2.75) is 6.42 Å². The van der Waals surface area contributed by atoms with Gasteiger partial charge in [0, 0.05) is 31.5 Å². The quantitative estimate of drug-likeness (QED) is 0.443. The summed E-state index contributed by atoms with van der Waals surface area (Å²) in [7, 11) is 1.60. The Hall–Kier alpha value is -1.75. The van der Waals surface area contributed by atoms with Crippen molar-refractivity contribution in [3.8, 4) is 0 Å². The monoisotopic (exact) mass is 224 g/mol. The van der Waals surface area contributed by atoms with Crippen molar-refractivity contribution in [3.05, 3.63) is 23.8 Å². The van der Waals surface area contributed by atoms with E-state index in [2.05, 4.69) is 0 Å². The molecule has 0 aromatic heterocycles. The molecule has 88 valence electrons. The Balaban J connectivity index is 2.52. The summed E-state index contributed by atoms with van der Waals surface area (Å²) in [6, 6.07) is 4.66. The summed E-state index contributed by atoms with van der Waals surface area (Å²) in [6.45, 7) is 0.883. The number of rotatable bonds is 5. The van der Waals surface area contributed by atoms with E-state index in [9.17, 15) is 4.79 Å². The highest BCUT2D eigenvalue weighted by Gasteiger charge is 2.08. The van der Waals surface area contributed by atoms with Gasteiger partial charge in [-0.2, -0.15) is 0 Å². The average molecular weight is 224 g/mol. The Bertz CT molecular complexity index is 346. The molecule has 5 heteroatoms. The minimum atomic E-state index is -0.421. The van der Waals surface area contributed by atoms with Gasteiger partial charge < -0.3 is 20.9 Å². The van der Waals surface area contributed by atoms with Gasteiger partial charge in [-0.1, -0.05) is 0 Å². The topological polar surface area (TPSA) is 87.6 Å². The van der Waals surface area contributed by atoms with E-state index < -0.39 is 5.97 Å². The highest BCUT2D eigenvalue weighted by atomic mass is 16.5. The van der Waals surface area contributed by atoms with E-state index >= 15 is 0 Å². The Kier molecular flexibility index (Phi) is 4.60. The molecule has 0 unspecified atom stereocenters. The average Bonchev–Trinajstić information content (AvgIpc) is 2.22. The summed E-state index contributed by atoms with van der Waals surface area (Å²) in [5, 5.41) is 0. The van der Waals surface area contributed by atoms with Crippen LogP contribution >= 0.6 is 0 Å². The van der Waals surface area contributed by atoms with E-state index in [0.717, 1.165) is 0 Å². The van der Waals surface area contributed by atoms with Crippen LogP contribution in [0.4, 0.5) is 11.4 Å². The molecule has 1 aromatic carbocycles. The first-order chi connectivity index (χ1) is 7.63. The van der Waals surface area contributed by atoms with Gasteiger partial charge in [0.05, 0.1) is 12.2 Å². The smallest absolute Gasteiger partial charge is 0.338 e. The molecule has 4 N–H and O–H groups in total. The molecule has 0 saturated heterocycles. The second-order valence-corrected chi connectivity index (χ2v) is 3.37. The first-order valence-electron chi connectivity index (χ1n) is 4.95. The van der Waals surface area contributed by atoms with Crippen molar-refractivity contribution < 1.29 is 14.3 Å². The lowest BCUT2D eigenvalue weighted by atomic mass is 10.2. The van der Waals surface area contributed by atoms with Gasteiger partial charge in [-0.05, 0) is 18.2 Å². The van der Waals surface area contributed by atoms with Crippen molar-refractivity contribution in [1.82, 2.24) is 0 Å². The molecule has 0 atom stereocenters. The van der Waals surface area contributed by atoms with E-state index in [1.54, 1.807) is 13.2 Å².